The van der Waals surface area contributed by atoms with Crippen molar-refractivity contribution in [1.29, 1.82) is 0 Å². The fourth-order valence-electron chi connectivity index (χ4n) is 3.07. The number of halogens is 3. The maximum atomic E-state index is 14.2. The SMILES string of the molecule is CC(=O)NCC(O)NCCc1c(-c2ccc(F)cc2)[nH]c2c(F)cc(F)cc12. The van der Waals surface area contributed by atoms with Crippen molar-refractivity contribution in [3.8, 4) is 11.3 Å². The number of aliphatic hydroxyl groups excluding tert-OH is 1. The Balaban J connectivity index is 1.89. The topological polar surface area (TPSA) is 77.2 Å². The third-order valence-electron chi connectivity index (χ3n) is 4.36. The van der Waals surface area contributed by atoms with E-state index in [1.165, 1.54) is 25.1 Å². The molecule has 0 saturated heterocycles. The fourth-order valence-corrected chi connectivity index (χ4v) is 3.07. The van der Waals surface area contributed by atoms with Gasteiger partial charge in [-0.3, -0.25) is 10.1 Å². The van der Waals surface area contributed by atoms with Crippen LogP contribution in [0.15, 0.2) is 36.4 Å². The highest BCUT2D eigenvalue weighted by Crippen LogP contribution is 2.32. The van der Waals surface area contributed by atoms with Gasteiger partial charge in [-0.25, -0.2) is 13.2 Å². The predicted octanol–water partition coefficient (Wildman–Crippen LogP) is 2.84. The van der Waals surface area contributed by atoms with Crippen LogP contribution in [0.2, 0.25) is 0 Å². The van der Waals surface area contributed by atoms with E-state index in [4.69, 9.17) is 0 Å². The molecule has 0 aliphatic heterocycles. The Bertz CT molecular complexity index is 987. The van der Waals surface area contributed by atoms with Crippen molar-refractivity contribution in [2.75, 3.05) is 13.1 Å². The number of fused-ring (bicyclic) bond motifs is 1. The summed E-state index contributed by atoms with van der Waals surface area (Å²) in [6.45, 7) is 1.67. The third-order valence-corrected chi connectivity index (χ3v) is 4.36. The van der Waals surface area contributed by atoms with Crippen molar-refractivity contribution in [1.82, 2.24) is 15.6 Å². The lowest BCUT2D eigenvalue weighted by Crippen LogP contribution is -2.40. The van der Waals surface area contributed by atoms with E-state index in [1.54, 1.807) is 12.1 Å². The molecule has 1 heterocycles. The number of benzene rings is 2. The van der Waals surface area contributed by atoms with Gasteiger partial charge in [0.05, 0.1) is 12.1 Å². The van der Waals surface area contributed by atoms with Crippen molar-refractivity contribution >= 4 is 16.8 Å². The maximum Gasteiger partial charge on any atom is 0.217 e. The molecular formula is C20H20F3N3O2. The summed E-state index contributed by atoms with van der Waals surface area (Å²) in [6, 6.07) is 7.72. The number of H-pyrrole nitrogens is 1. The molecule has 3 rings (SSSR count). The van der Waals surface area contributed by atoms with Gasteiger partial charge in [-0.1, -0.05) is 0 Å². The van der Waals surface area contributed by atoms with Gasteiger partial charge in [0.25, 0.3) is 0 Å². The quantitative estimate of drug-likeness (QED) is 0.468. The average Bonchev–Trinajstić information content (AvgIpc) is 2.99. The molecule has 2 aromatic carbocycles. The number of hydrogen-bond acceptors (Lipinski definition) is 3. The second-order valence-corrected chi connectivity index (χ2v) is 6.45. The van der Waals surface area contributed by atoms with Crippen LogP contribution < -0.4 is 10.6 Å². The van der Waals surface area contributed by atoms with E-state index in [0.717, 1.165) is 6.07 Å². The third kappa shape index (κ3) is 4.52. The van der Waals surface area contributed by atoms with E-state index in [0.29, 0.717) is 35.2 Å². The summed E-state index contributed by atoms with van der Waals surface area (Å²) in [7, 11) is 0. The lowest BCUT2D eigenvalue weighted by molar-refractivity contribution is -0.119. The highest BCUT2D eigenvalue weighted by Gasteiger charge is 2.17. The molecule has 1 amide bonds. The van der Waals surface area contributed by atoms with Gasteiger partial charge >= 0.3 is 0 Å². The Labute approximate surface area is 159 Å². The van der Waals surface area contributed by atoms with Gasteiger partial charge in [0.15, 0.2) is 0 Å². The summed E-state index contributed by atoms with van der Waals surface area (Å²) in [6.07, 6.45) is -0.621. The Morgan fingerprint density at radius 2 is 1.86 bits per heavy atom. The van der Waals surface area contributed by atoms with Crippen LogP contribution in [0, 0.1) is 17.5 Å². The first-order valence-electron chi connectivity index (χ1n) is 8.76. The number of rotatable bonds is 7. The zero-order chi connectivity index (χ0) is 20.3. The number of aromatic nitrogens is 1. The first-order valence-corrected chi connectivity index (χ1v) is 8.76. The molecule has 0 aliphatic rings. The van der Waals surface area contributed by atoms with Crippen LogP contribution in [0.3, 0.4) is 0 Å². The molecule has 28 heavy (non-hydrogen) atoms. The van der Waals surface area contributed by atoms with Crippen LogP contribution in [0.1, 0.15) is 12.5 Å². The molecule has 1 aromatic heterocycles. The van der Waals surface area contributed by atoms with Crippen molar-refractivity contribution in [3.05, 3.63) is 59.4 Å². The van der Waals surface area contributed by atoms with Crippen LogP contribution in [0.4, 0.5) is 13.2 Å². The van der Waals surface area contributed by atoms with E-state index in [-0.39, 0.29) is 18.0 Å². The molecule has 0 saturated carbocycles. The zero-order valence-corrected chi connectivity index (χ0v) is 15.2. The zero-order valence-electron chi connectivity index (χ0n) is 15.2. The number of carbonyl (C=O) groups is 1. The number of aliphatic hydroxyl groups is 1. The second-order valence-electron chi connectivity index (χ2n) is 6.45. The summed E-state index contributed by atoms with van der Waals surface area (Å²) in [4.78, 5) is 13.9. The van der Waals surface area contributed by atoms with E-state index < -0.39 is 23.7 Å². The van der Waals surface area contributed by atoms with Crippen LogP contribution in [-0.4, -0.2) is 35.3 Å². The Morgan fingerprint density at radius 3 is 2.54 bits per heavy atom. The van der Waals surface area contributed by atoms with E-state index in [1.807, 2.05) is 0 Å². The largest absolute Gasteiger partial charge is 0.377 e. The monoisotopic (exact) mass is 391 g/mol. The number of nitrogens with one attached hydrogen (secondary N) is 3. The van der Waals surface area contributed by atoms with Crippen LogP contribution >= 0.6 is 0 Å². The molecule has 1 unspecified atom stereocenters. The van der Waals surface area contributed by atoms with Crippen molar-refractivity contribution in [2.24, 2.45) is 0 Å². The summed E-state index contributed by atoms with van der Waals surface area (Å²) >= 11 is 0. The number of hydrogen-bond donors (Lipinski definition) is 4. The molecule has 0 aliphatic carbocycles. The highest BCUT2D eigenvalue weighted by molar-refractivity contribution is 5.91. The molecule has 3 aromatic rings. The van der Waals surface area contributed by atoms with Crippen LogP contribution in [0.5, 0.6) is 0 Å². The van der Waals surface area contributed by atoms with Crippen molar-refractivity contribution in [2.45, 2.75) is 19.6 Å². The Morgan fingerprint density at radius 1 is 1.14 bits per heavy atom. The summed E-state index contributed by atoms with van der Waals surface area (Å²) < 4.78 is 41.2. The van der Waals surface area contributed by atoms with Gasteiger partial charge in [-0.05, 0) is 47.9 Å². The number of aromatic amines is 1. The lowest BCUT2D eigenvalue weighted by Gasteiger charge is -2.13. The van der Waals surface area contributed by atoms with E-state index in [9.17, 15) is 23.1 Å². The van der Waals surface area contributed by atoms with E-state index in [2.05, 4.69) is 15.6 Å². The minimum Gasteiger partial charge on any atom is -0.377 e. The normalized spacial score (nSPS) is 12.3. The summed E-state index contributed by atoms with van der Waals surface area (Å²) in [5.41, 5.74) is 1.98. The minimum atomic E-state index is -0.961. The van der Waals surface area contributed by atoms with Gasteiger partial charge < -0.3 is 15.4 Å². The smallest absolute Gasteiger partial charge is 0.217 e. The molecule has 0 fully saturated rings. The molecule has 0 radical (unpaired) electrons. The van der Waals surface area contributed by atoms with Gasteiger partial charge in [0.2, 0.25) is 5.91 Å². The molecule has 8 heteroatoms. The van der Waals surface area contributed by atoms with Gasteiger partial charge in [-0.2, -0.15) is 0 Å². The molecule has 148 valence electrons. The number of amides is 1. The van der Waals surface area contributed by atoms with Crippen LogP contribution in [0.25, 0.3) is 22.2 Å². The Kier molecular flexibility index (Phi) is 6.01. The molecule has 0 bridgehead atoms. The molecule has 1 atom stereocenters. The van der Waals surface area contributed by atoms with Gasteiger partial charge in [0.1, 0.15) is 23.7 Å². The van der Waals surface area contributed by atoms with Gasteiger partial charge in [-0.15, -0.1) is 0 Å². The maximum absolute atomic E-state index is 14.2. The molecule has 4 N–H and O–H groups in total. The molecule has 0 spiro atoms. The summed E-state index contributed by atoms with van der Waals surface area (Å²) in [5, 5.41) is 15.6. The second kappa shape index (κ2) is 8.45. The first-order chi connectivity index (χ1) is 13.3. The van der Waals surface area contributed by atoms with Crippen molar-refractivity contribution < 1.29 is 23.1 Å². The van der Waals surface area contributed by atoms with Crippen molar-refractivity contribution in [3.63, 3.8) is 0 Å². The Hall–Kier alpha value is -2.84. The predicted molar refractivity (Wildman–Crippen MR) is 100 cm³/mol. The highest BCUT2D eigenvalue weighted by atomic mass is 19.1. The molecular weight excluding hydrogens is 371 g/mol. The van der Waals surface area contributed by atoms with Crippen LogP contribution in [-0.2, 0) is 11.2 Å². The average molecular weight is 391 g/mol. The standard InChI is InChI=1S/C20H20F3N3O2/c1-11(27)25-10-18(28)24-7-6-15-16-8-14(22)9-17(23)20(16)26-19(15)12-2-4-13(21)5-3-12/h2-5,8-9,18,24,26,28H,6-7,10H2,1H3,(H,25,27). The minimum absolute atomic E-state index is 0.0390. The van der Waals surface area contributed by atoms with Gasteiger partial charge in [0, 0.05) is 30.6 Å². The first kappa shape index (κ1) is 19.9. The fraction of sp³-hybridized carbons (Fsp3) is 0.250. The lowest BCUT2D eigenvalue weighted by atomic mass is 10.0. The summed E-state index contributed by atoms with van der Waals surface area (Å²) in [5.74, 6) is -2.08. The molecule has 5 nitrogen and oxygen atoms in total. The number of carbonyl (C=O) groups excluding carboxylic acids is 1. The van der Waals surface area contributed by atoms with E-state index >= 15 is 0 Å².